The fourth-order valence-corrected chi connectivity index (χ4v) is 3.86. The van der Waals surface area contributed by atoms with Gasteiger partial charge >= 0.3 is 5.97 Å². The molecule has 0 saturated carbocycles. The summed E-state index contributed by atoms with van der Waals surface area (Å²) in [7, 11) is 0. The van der Waals surface area contributed by atoms with E-state index in [2.05, 4.69) is 15.5 Å². The van der Waals surface area contributed by atoms with E-state index in [-0.39, 0.29) is 17.6 Å². The highest BCUT2D eigenvalue weighted by atomic mass is 32.2. The van der Waals surface area contributed by atoms with E-state index in [0.29, 0.717) is 22.3 Å². The van der Waals surface area contributed by atoms with Gasteiger partial charge in [-0.15, -0.1) is 21.5 Å². The molecule has 0 aliphatic heterocycles. The largest absolute Gasteiger partial charge is 0.462 e. The van der Waals surface area contributed by atoms with Crippen molar-refractivity contribution in [3.8, 4) is 0 Å². The summed E-state index contributed by atoms with van der Waals surface area (Å²) in [6, 6.07) is 1.80. The summed E-state index contributed by atoms with van der Waals surface area (Å²) in [6.45, 7) is 8.86. The van der Waals surface area contributed by atoms with Gasteiger partial charge in [-0.05, 0) is 25.8 Å². The van der Waals surface area contributed by atoms with Crippen LogP contribution in [0.1, 0.15) is 48.8 Å². The smallest absolute Gasteiger partial charge is 0.341 e. The van der Waals surface area contributed by atoms with Gasteiger partial charge in [-0.25, -0.2) is 4.79 Å². The fraction of sp³-hybridized carbons (Fsp3) is 0.500. The van der Waals surface area contributed by atoms with E-state index in [1.165, 1.54) is 23.1 Å². The summed E-state index contributed by atoms with van der Waals surface area (Å²) in [5, 5.41) is 11.9. The number of thioether (sulfide) groups is 1. The van der Waals surface area contributed by atoms with Crippen LogP contribution in [0.15, 0.2) is 17.6 Å². The number of thiophene rings is 1. The molecular formula is C16H22N4O3S2. The molecule has 7 nitrogen and oxygen atoms in total. The van der Waals surface area contributed by atoms with Crippen LogP contribution in [-0.2, 0) is 16.1 Å². The summed E-state index contributed by atoms with van der Waals surface area (Å²) in [4.78, 5) is 25.4. The number of rotatable bonds is 8. The molecule has 2 rings (SSSR count). The molecule has 136 valence electrons. The van der Waals surface area contributed by atoms with Crippen LogP contribution in [0.25, 0.3) is 0 Å². The molecule has 0 aliphatic carbocycles. The molecule has 2 aromatic heterocycles. The molecule has 1 N–H and O–H groups in total. The van der Waals surface area contributed by atoms with E-state index in [1.807, 2.05) is 25.3 Å². The van der Waals surface area contributed by atoms with Gasteiger partial charge in [0.15, 0.2) is 5.16 Å². The molecule has 0 spiro atoms. The van der Waals surface area contributed by atoms with Gasteiger partial charge in [-0.3, -0.25) is 4.79 Å². The van der Waals surface area contributed by atoms with Gasteiger partial charge in [-0.1, -0.05) is 25.6 Å². The normalized spacial score (nSPS) is 10.9. The number of ether oxygens (including phenoxy) is 1. The Morgan fingerprint density at radius 3 is 2.80 bits per heavy atom. The Morgan fingerprint density at radius 1 is 1.40 bits per heavy atom. The number of aryl methyl sites for hydroxylation is 1. The van der Waals surface area contributed by atoms with Crippen LogP contribution in [0.4, 0.5) is 5.00 Å². The zero-order valence-electron chi connectivity index (χ0n) is 14.7. The second-order valence-corrected chi connectivity index (χ2v) is 7.53. The van der Waals surface area contributed by atoms with Crippen molar-refractivity contribution in [1.29, 1.82) is 0 Å². The van der Waals surface area contributed by atoms with Crippen molar-refractivity contribution >= 4 is 40.0 Å². The van der Waals surface area contributed by atoms with E-state index < -0.39 is 5.97 Å². The first-order valence-corrected chi connectivity index (χ1v) is 9.87. The van der Waals surface area contributed by atoms with Crippen LogP contribution < -0.4 is 5.32 Å². The summed E-state index contributed by atoms with van der Waals surface area (Å²) in [5.74, 6) is -0.158. The van der Waals surface area contributed by atoms with Crippen LogP contribution in [0, 0.1) is 0 Å². The van der Waals surface area contributed by atoms with Gasteiger partial charge in [0.05, 0.1) is 17.9 Å². The minimum Gasteiger partial charge on any atom is -0.462 e. The molecule has 0 bridgehead atoms. The predicted molar refractivity (Wildman–Crippen MR) is 99.4 cm³/mol. The molecule has 0 aromatic carbocycles. The van der Waals surface area contributed by atoms with Crippen molar-refractivity contribution < 1.29 is 14.3 Å². The Bertz CT molecular complexity index is 740. The average Bonchev–Trinajstić information content (AvgIpc) is 3.19. The van der Waals surface area contributed by atoms with E-state index in [0.717, 1.165) is 11.4 Å². The average molecular weight is 383 g/mol. The number of anilines is 1. The molecule has 2 heterocycles. The number of aromatic nitrogens is 3. The summed E-state index contributed by atoms with van der Waals surface area (Å²) in [6.07, 6.45) is 1.63. The molecule has 2 aromatic rings. The third-order valence-corrected chi connectivity index (χ3v) is 5.65. The van der Waals surface area contributed by atoms with Gasteiger partial charge < -0.3 is 14.6 Å². The lowest BCUT2D eigenvalue weighted by molar-refractivity contribution is -0.113. The van der Waals surface area contributed by atoms with E-state index in [9.17, 15) is 9.59 Å². The molecule has 0 saturated heterocycles. The quantitative estimate of drug-likeness (QED) is 0.556. The SMILES string of the molecule is CCOC(=O)c1cc(C(C)C)sc1NC(=O)CSc1nncn1CC. The Kier molecular flexibility index (Phi) is 7.01. The Labute approximate surface area is 155 Å². The van der Waals surface area contributed by atoms with Crippen LogP contribution in [0.5, 0.6) is 0 Å². The lowest BCUT2D eigenvalue weighted by Crippen LogP contribution is -2.16. The van der Waals surface area contributed by atoms with Gasteiger partial charge in [0, 0.05) is 11.4 Å². The first kappa shape index (κ1) is 19.5. The van der Waals surface area contributed by atoms with Crippen molar-refractivity contribution in [3.05, 3.63) is 22.8 Å². The molecule has 0 atom stereocenters. The minimum absolute atomic E-state index is 0.190. The van der Waals surface area contributed by atoms with Crippen LogP contribution in [-0.4, -0.2) is 39.0 Å². The summed E-state index contributed by atoms with van der Waals surface area (Å²) >= 11 is 2.71. The topological polar surface area (TPSA) is 86.1 Å². The third kappa shape index (κ3) is 5.05. The molecule has 0 unspecified atom stereocenters. The highest BCUT2D eigenvalue weighted by Crippen LogP contribution is 2.33. The highest BCUT2D eigenvalue weighted by molar-refractivity contribution is 7.99. The highest BCUT2D eigenvalue weighted by Gasteiger charge is 2.20. The number of hydrogen-bond acceptors (Lipinski definition) is 7. The molecule has 0 aliphatic rings. The number of carbonyl (C=O) groups is 2. The van der Waals surface area contributed by atoms with E-state index in [4.69, 9.17) is 4.74 Å². The first-order valence-electron chi connectivity index (χ1n) is 8.07. The number of nitrogens with zero attached hydrogens (tertiary/aromatic N) is 3. The number of carbonyl (C=O) groups excluding carboxylic acids is 2. The fourth-order valence-electron chi connectivity index (χ4n) is 2.01. The van der Waals surface area contributed by atoms with Gasteiger partial charge in [-0.2, -0.15) is 0 Å². The van der Waals surface area contributed by atoms with Crippen molar-refractivity contribution in [2.24, 2.45) is 0 Å². The predicted octanol–water partition coefficient (Wildman–Crippen LogP) is 3.39. The van der Waals surface area contributed by atoms with E-state index in [1.54, 1.807) is 19.3 Å². The maximum atomic E-state index is 12.3. The molecule has 0 fully saturated rings. The zero-order chi connectivity index (χ0) is 18.4. The monoisotopic (exact) mass is 382 g/mol. The minimum atomic E-state index is -0.417. The Balaban J connectivity index is 2.07. The van der Waals surface area contributed by atoms with Gasteiger partial charge in [0.2, 0.25) is 5.91 Å². The van der Waals surface area contributed by atoms with Crippen LogP contribution in [0.3, 0.4) is 0 Å². The maximum absolute atomic E-state index is 12.3. The standard InChI is InChI=1S/C16H22N4O3S2/c1-5-20-9-17-19-16(20)24-8-13(21)18-14-11(15(22)23-6-2)7-12(25-14)10(3)4/h7,9-10H,5-6,8H2,1-4H3,(H,18,21). The first-order chi connectivity index (χ1) is 12.0. The lowest BCUT2D eigenvalue weighted by atomic mass is 10.1. The maximum Gasteiger partial charge on any atom is 0.341 e. The lowest BCUT2D eigenvalue weighted by Gasteiger charge is -2.06. The Morgan fingerprint density at radius 2 is 2.16 bits per heavy atom. The van der Waals surface area contributed by atoms with Gasteiger partial charge in [0.25, 0.3) is 0 Å². The van der Waals surface area contributed by atoms with Crippen molar-refractivity contribution in [1.82, 2.24) is 14.8 Å². The molecule has 0 radical (unpaired) electrons. The molecule has 25 heavy (non-hydrogen) atoms. The van der Waals surface area contributed by atoms with Crippen molar-refractivity contribution in [2.45, 2.75) is 45.3 Å². The van der Waals surface area contributed by atoms with E-state index >= 15 is 0 Å². The van der Waals surface area contributed by atoms with Crippen molar-refractivity contribution in [2.75, 3.05) is 17.7 Å². The zero-order valence-corrected chi connectivity index (χ0v) is 16.4. The second kappa shape index (κ2) is 9.00. The molecular weight excluding hydrogens is 360 g/mol. The number of nitrogens with one attached hydrogen (secondary N) is 1. The number of hydrogen-bond donors (Lipinski definition) is 1. The molecule has 1 amide bonds. The Hall–Kier alpha value is -1.87. The molecule has 9 heteroatoms. The van der Waals surface area contributed by atoms with Crippen LogP contribution >= 0.6 is 23.1 Å². The second-order valence-electron chi connectivity index (χ2n) is 5.50. The van der Waals surface area contributed by atoms with Crippen LogP contribution in [0.2, 0.25) is 0 Å². The van der Waals surface area contributed by atoms with Gasteiger partial charge in [0.1, 0.15) is 11.3 Å². The number of amides is 1. The third-order valence-electron chi connectivity index (χ3n) is 3.32. The summed E-state index contributed by atoms with van der Waals surface area (Å²) < 4.78 is 6.95. The summed E-state index contributed by atoms with van der Waals surface area (Å²) in [5.41, 5.74) is 0.408. The van der Waals surface area contributed by atoms with Crippen molar-refractivity contribution in [3.63, 3.8) is 0 Å². The number of esters is 1.